The van der Waals surface area contributed by atoms with Crippen LogP contribution in [0.2, 0.25) is 0 Å². The second kappa shape index (κ2) is 5.50. The topological polar surface area (TPSA) is 80.7 Å². The Labute approximate surface area is 112 Å². The van der Waals surface area contributed by atoms with Crippen LogP contribution in [0.3, 0.4) is 0 Å². The summed E-state index contributed by atoms with van der Waals surface area (Å²) in [5.41, 5.74) is 6.08. The molecule has 2 aromatic rings. The number of amidine groups is 1. The van der Waals surface area contributed by atoms with Gasteiger partial charge in [0, 0.05) is 16.2 Å². The van der Waals surface area contributed by atoms with Crippen molar-refractivity contribution in [2.45, 2.75) is 0 Å². The Balaban J connectivity index is 2.16. The van der Waals surface area contributed by atoms with E-state index in [2.05, 4.69) is 26.1 Å². The molecule has 0 atom stereocenters. The highest BCUT2D eigenvalue weighted by Gasteiger charge is 2.01. The Morgan fingerprint density at radius 1 is 1.22 bits per heavy atom. The molecular weight excluding hydrogens is 298 g/mol. The van der Waals surface area contributed by atoms with E-state index in [0.717, 1.165) is 4.47 Å². The van der Waals surface area contributed by atoms with Crippen LogP contribution in [-0.4, -0.2) is 16.0 Å². The van der Waals surface area contributed by atoms with Gasteiger partial charge >= 0.3 is 0 Å². The van der Waals surface area contributed by atoms with Crippen molar-refractivity contribution in [3.05, 3.63) is 52.8 Å². The fraction of sp³-hybridized carbons (Fsp3) is 0. The minimum absolute atomic E-state index is 0.0608. The lowest BCUT2D eigenvalue weighted by molar-refractivity contribution is 0.318. The van der Waals surface area contributed by atoms with Gasteiger partial charge in [-0.15, -0.1) is 0 Å². The van der Waals surface area contributed by atoms with Crippen LogP contribution in [0.25, 0.3) is 0 Å². The van der Waals surface area contributed by atoms with Crippen LogP contribution >= 0.6 is 15.9 Å². The molecule has 92 valence electrons. The molecule has 3 N–H and O–H groups in total. The Morgan fingerprint density at radius 3 is 2.56 bits per heavy atom. The molecule has 0 unspecified atom stereocenters. The van der Waals surface area contributed by atoms with Crippen molar-refractivity contribution in [2.75, 3.05) is 0 Å². The predicted molar refractivity (Wildman–Crippen MR) is 71.0 cm³/mol. The zero-order valence-corrected chi connectivity index (χ0v) is 10.8. The summed E-state index contributed by atoms with van der Waals surface area (Å²) in [6, 6.07) is 8.68. The molecule has 1 heterocycles. The monoisotopic (exact) mass is 307 g/mol. The van der Waals surface area contributed by atoms with Gasteiger partial charge in [0.25, 0.3) is 0 Å². The summed E-state index contributed by atoms with van der Waals surface area (Å²) in [5.74, 6) is 1.33. The summed E-state index contributed by atoms with van der Waals surface area (Å²) in [7, 11) is 0. The van der Waals surface area contributed by atoms with Crippen LogP contribution in [0.1, 0.15) is 5.56 Å². The normalized spacial score (nSPS) is 11.3. The highest BCUT2D eigenvalue weighted by Crippen LogP contribution is 2.23. The van der Waals surface area contributed by atoms with E-state index in [1.807, 2.05) is 6.07 Å². The van der Waals surface area contributed by atoms with Crippen LogP contribution in [0, 0.1) is 0 Å². The smallest absolute Gasteiger partial charge is 0.170 e. The first-order valence-corrected chi connectivity index (χ1v) is 5.84. The lowest BCUT2D eigenvalue weighted by atomic mass is 10.2. The maximum atomic E-state index is 8.54. The molecule has 0 saturated heterocycles. The zero-order chi connectivity index (χ0) is 13.0. The van der Waals surface area contributed by atoms with Crippen molar-refractivity contribution in [3.8, 4) is 11.5 Å². The highest BCUT2D eigenvalue weighted by atomic mass is 79.9. The van der Waals surface area contributed by atoms with Gasteiger partial charge in [-0.25, -0.2) is 0 Å². The van der Waals surface area contributed by atoms with Crippen LogP contribution in [0.5, 0.6) is 11.5 Å². The van der Waals surface area contributed by atoms with Crippen molar-refractivity contribution < 1.29 is 9.94 Å². The van der Waals surface area contributed by atoms with Gasteiger partial charge in [0.2, 0.25) is 0 Å². The Kier molecular flexibility index (Phi) is 3.78. The third-order valence-electron chi connectivity index (χ3n) is 2.17. The molecule has 0 radical (unpaired) electrons. The Hall–Kier alpha value is -2.08. The van der Waals surface area contributed by atoms with Gasteiger partial charge in [-0.3, -0.25) is 4.98 Å². The predicted octanol–water partition coefficient (Wildman–Crippen LogP) is 2.73. The molecule has 0 aliphatic carbocycles. The lowest BCUT2D eigenvalue weighted by Crippen LogP contribution is -2.12. The third-order valence-corrected chi connectivity index (χ3v) is 2.61. The average Bonchev–Trinajstić information content (AvgIpc) is 2.39. The van der Waals surface area contributed by atoms with E-state index in [1.165, 1.54) is 0 Å². The largest absolute Gasteiger partial charge is 0.456 e. The Bertz CT molecular complexity index is 570. The minimum atomic E-state index is 0.0608. The summed E-state index contributed by atoms with van der Waals surface area (Å²) in [6.45, 7) is 0. The zero-order valence-electron chi connectivity index (χ0n) is 9.25. The molecule has 0 amide bonds. The average molecular weight is 308 g/mol. The number of rotatable bonds is 3. The summed E-state index contributed by atoms with van der Waals surface area (Å²) < 4.78 is 6.43. The molecule has 18 heavy (non-hydrogen) atoms. The molecule has 2 rings (SSSR count). The summed E-state index contributed by atoms with van der Waals surface area (Å²) in [4.78, 5) is 4.00. The van der Waals surface area contributed by atoms with E-state index in [1.54, 1.807) is 36.7 Å². The van der Waals surface area contributed by atoms with Crippen LogP contribution in [0.15, 0.2) is 52.4 Å². The van der Waals surface area contributed by atoms with Crippen molar-refractivity contribution in [1.82, 2.24) is 4.98 Å². The standard InChI is InChI=1S/C12H10BrN3O2/c13-9-5-11(7-15-6-9)18-10-3-1-8(2-4-10)12(14)16-17/h1-7,17H,(H2,14,16). The molecule has 0 spiro atoms. The van der Waals surface area contributed by atoms with Crippen molar-refractivity contribution in [3.63, 3.8) is 0 Å². The maximum absolute atomic E-state index is 8.54. The van der Waals surface area contributed by atoms with Gasteiger partial charge < -0.3 is 15.7 Å². The Morgan fingerprint density at radius 2 is 1.94 bits per heavy atom. The number of aromatic nitrogens is 1. The van der Waals surface area contributed by atoms with Gasteiger partial charge in [0.05, 0.1) is 6.20 Å². The number of halogens is 1. The molecule has 0 aliphatic rings. The SMILES string of the molecule is NC(=NO)c1ccc(Oc2cncc(Br)c2)cc1. The molecule has 0 fully saturated rings. The number of nitrogens with two attached hydrogens (primary N) is 1. The minimum Gasteiger partial charge on any atom is -0.456 e. The number of oxime groups is 1. The summed E-state index contributed by atoms with van der Waals surface area (Å²) in [6.07, 6.45) is 3.29. The molecule has 6 heteroatoms. The molecule has 1 aromatic carbocycles. The second-order valence-corrected chi connectivity index (χ2v) is 4.37. The number of hydrogen-bond donors (Lipinski definition) is 2. The van der Waals surface area contributed by atoms with E-state index < -0.39 is 0 Å². The van der Waals surface area contributed by atoms with Crippen LogP contribution in [0.4, 0.5) is 0 Å². The molecule has 0 saturated carbocycles. The summed E-state index contributed by atoms with van der Waals surface area (Å²) >= 11 is 3.31. The second-order valence-electron chi connectivity index (χ2n) is 3.45. The van der Waals surface area contributed by atoms with Gasteiger partial charge in [0.15, 0.2) is 5.84 Å². The lowest BCUT2D eigenvalue weighted by Gasteiger charge is -2.06. The van der Waals surface area contributed by atoms with E-state index in [4.69, 9.17) is 15.7 Å². The van der Waals surface area contributed by atoms with Crippen molar-refractivity contribution in [1.29, 1.82) is 0 Å². The van der Waals surface area contributed by atoms with Gasteiger partial charge in [-0.1, -0.05) is 5.16 Å². The molecule has 0 aliphatic heterocycles. The van der Waals surface area contributed by atoms with Gasteiger partial charge in [-0.2, -0.15) is 0 Å². The van der Waals surface area contributed by atoms with E-state index in [9.17, 15) is 0 Å². The maximum Gasteiger partial charge on any atom is 0.170 e. The number of nitrogens with zero attached hydrogens (tertiary/aromatic N) is 2. The fourth-order valence-electron chi connectivity index (χ4n) is 1.34. The van der Waals surface area contributed by atoms with E-state index in [0.29, 0.717) is 17.1 Å². The third kappa shape index (κ3) is 2.98. The molecular formula is C12H10BrN3O2. The number of hydrogen-bond acceptors (Lipinski definition) is 4. The molecule has 5 nitrogen and oxygen atoms in total. The molecule has 1 aromatic heterocycles. The first-order valence-electron chi connectivity index (χ1n) is 5.05. The molecule has 0 bridgehead atoms. The number of pyridine rings is 1. The van der Waals surface area contributed by atoms with Crippen LogP contribution in [-0.2, 0) is 0 Å². The fourth-order valence-corrected chi connectivity index (χ4v) is 1.68. The van der Waals surface area contributed by atoms with E-state index >= 15 is 0 Å². The van der Waals surface area contributed by atoms with E-state index in [-0.39, 0.29) is 5.84 Å². The highest BCUT2D eigenvalue weighted by molar-refractivity contribution is 9.10. The number of ether oxygens (including phenoxy) is 1. The van der Waals surface area contributed by atoms with Gasteiger partial charge in [-0.05, 0) is 46.3 Å². The van der Waals surface area contributed by atoms with Crippen molar-refractivity contribution >= 4 is 21.8 Å². The quantitative estimate of drug-likeness (QED) is 0.395. The van der Waals surface area contributed by atoms with Crippen LogP contribution < -0.4 is 10.5 Å². The summed E-state index contributed by atoms with van der Waals surface area (Å²) in [5, 5.41) is 11.5. The van der Waals surface area contributed by atoms with Crippen molar-refractivity contribution in [2.24, 2.45) is 10.9 Å². The van der Waals surface area contributed by atoms with Gasteiger partial charge in [0.1, 0.15) is 11.5 Å². The first-order chi connectivity index (χ1) is 8.69. The number of benzene rings is 1. The first kappa shape index (κ1) is 12.4.